The number of carbonyl (C=O) groups excluding carboxylic acids is 1. The smallest absolute Gasteiger partial charge is 0.246 e. The minimum atomic E-state index is 0.0365. The summed E-state index contributed by atoms with van der Waals surface area (Å²) >= 11 is 9.35. The van der Waals surface area contributed by atoms with Gasteiger partial charge in [0.1, 0.15) is 5.82 Å². The highest BCUT2D eigenvalue weighted by atomic mass is 79.9. The molecule has 1 saturated heterocycles. The van der Waals surface area contributed by atoms with E-state index in [4.69, 9.17) is 11.6 Å². The van der Waals surface area contributed by atoms with Crippen molar-refractivity contribution in [2.75, 3.05) is 31.1 Å². The van der Waals surface area contributed by atoms with Crippen molar-refractivity contribution in [2.45, 2.75) is 0 Å². The number of hydrogen-bond donors (Lipinski definition) is 0. The maximum atomic E-state index is 12.3. The van der Waals surface area contributed by atoms with Gasteiger partial charge in [0.25, 0.3) is 0 Å². The maximum absolute atomic E-state index is 12.3. The van der Waals surface area contributed by atoms with Crippen LogP contribution in [0.2, 0.25) is 5.02 Å². The van der Waals surface area contributed by atoms with Crippen molar-refractivity contribution in [3.63, 3.8) is 0 Å². The topological polar surface area (TPSA) is 36.4 Å². The molecule has 0 unspecified atom stereocenters. The molecule has 24 heavy (non-hydrogen) atoms. The molecule has 0 spiro atoms. The van der Waals surface area contributed by atoms with Crippen LogP contribution in [0.5, 0.6) is 0 Å². The van der Waals surface area contributed by atoms with Crippen LogP contribution in [-0.2, 0) is 4.79 Å². The van der Waals surface area contributed by atoms with Crippen LogP contribution in [0.4, 0.5) is 5.82 Å². The summed E-state index contributed by atoms with van der Waals surface area (Å²) < 4.78 is 0.979. The molecule has 3 rings (SSSR count). The highest BCUT2D eigenvalue weighted by molar-refractivity contribution is 9.10. The molecule has 1 aliphatic heterocycles. The van der Waals surface area contributed by atoms with Gasteiger partial charge >= 0.3 is 0 Å². The third-order valence-corrected chi connectivity index (χ3v) is 4.88. The Morgan fingerprint density at radius 1 is 1.12 bits per heavy atom. The molecule has 1 aromatic heterocycles. The van der Waals surface area contributed by atoms with Crippen molar-refractivity contribution in [3.8, 4) is 0 Å². The van der Waals surface area contributed by atoms with Gasteiger partial charge in [0.2, 0.25) is 5.91 Å². The third kappa shape index (κ3) is 4.16. The molecule has 124 valence electrons. The first-order valence-corrected chi connectivity index (χ1v) is 8.88. The van der Waals surface area contributed by atoms with Gasteiger partial charge in [-0.3, -0.25) is 4.79 Å². The van der Waals surface area contributed by atoms with E-state index >= 15 is 0 Å². The van der Waals surface area contributed by atoms with Crippen molar-refractivity contribution < 1.29 is 4.79 Å². The van der Waals surface area contributed by atoms with E-state index in [2.05, 4.69) is 25.8 Å². The van der Waals surface area contributed by atoms with Crippen LogP contribution in [0.15, 0.2) is 53.1 Å². The van der Waals surface area contributed by atoms with E-state index in [1.807, 2.05) is 47.4 Å². The van der Waals surface area contributed by atoms with Gasteiger partial charge in [-0.2, -0.15) is 0 Å². The predicted molar refractivity (Wildman–Crippen MR) is 101 cm³/mol. The molecule has 1 aromatic carbocycles. The number of hydrogen-bond acceptors (Lipinski definition) is 3. The van der Waals surface area contributed by atoms with Gasteiger partial charge in [-0.05, 0) is 29.8 Å². The fourth-order valence-electron chi connectivity index (χ4n) is 2.59. The summed E-state index contributed by atoms with van der Waals surface area (Å²) in [6, 6.07) is 11.6. The number of anilines is 1. The summed E-state index contributed by atoms with van der Waals surface area (Å²) in [5.74, 6) is 0.935. The van der Waals surface area contributed by atoms with Crippen LogP contribution < -0.4 is 4.90 Å². The summed E-state index contributed by atoms with van der Waals surface area (Å²) in [5, 5.41) is 0.629. The Balaban J connectivity index is 1.57. The number of benzene rings is 1. The summed E-state index contributed by atoms with van der Waals surface area (Å²) in [6.45, 7) is 2.90. The number of halogens is 2. The number of nitrogens with zero attached hydrogens (tertiary/aromatic N) is 3. The average Bonchev–Trinajstić information content (AvgIpc) is 2.62. The highest BCUT2D eigenvalue weighted by Gasteiger charge is 2.20. The van der Waals surface area contributed by atoms with Crippen LogP contribution in [0, 0.1) is 0 Å². The average molecular weight is 407 g/mol. The number of amides is 1. The first kappa shape index (κ1) is 17.0. The van der Waals surface area contributed by atoms with Gasteiger partial charge in [-0.25, -0.2) is 4.98 Å². The highest BCUT2D eigenvalue weighted by Crippen LogP contribution is 2.18. The SMILES string of the molecule is O=C(/C=C/c1ccccc1Br)N1CCN(c2ccc(Cl)cn2)CC1. The molecule has 0 radical (unpaired) electrons. The molecule has 4 nitrogen and oxygen atoms in total. The molecule has 6 heteroatoms. The van der Waals surface area contributed by atoms with Gasteiger partial charge in [0, 0.05) is 42.9 Å². The van der Waals surface area contributed by atoms with E-state index in [0.717, 1.165) is 28.9 Å². The second-order valence-corrected chi connectivity index (χ2v) is 6.79. The lowest BCUT2D eigenvalue weighted by atomic mass is 10.2. The predicted octanol–water partition coefficient (Wildman–Crippen LogP) is 3.86. The Labute approximate surface area is 154 Å². The lowest BCUT2D eigenvalue weighted by Gasteiger charge is -2.34. The Hall–Kier alpha value is -1.85. The molecule has 2 aromatic rings. The summed E-state index contributed by atoms with van der Waals surface area (Å²) in [7, 11) is 0. The van der Waals surface area contributed by atoms with Gasteiger partial charge in [0.05, 0.1) is 5.02 Å². The van der Waals surface area contributed by atoms with Gasteiger partial charge in [-0.1, -0.05) is 45.7 Å². The van der Waals surface area contributed by atoms with Crippen molar-refractivity contribution >= 4 is 45.3 Å². The monoisotopic (exact) mass is 405 g/mol. The zero-order chi connectivity index (χ0) is 16.9. The summed E-state index contributed by atoms with van der Waals surface area (Å²) in [6.07, 6.45) is 5.13. The molecular weight excluding hydrogens is 390 g/mol. The first-order valence-electron chi connectivity index (χ1n) is 7.71. The van der Waals surface area contributed by atoms with Gasteiger partial charge < -0.3 is 9.80 Å². The number of piperazine rings is 1. The lowest BCUT2D eigenvalue weighted by Crippen LogP contribution is -2.48. The van der Waals surface area contributed by atoms with Gasteiger partial charge in [0.15, 0.2) is 0 Å². The van der Waals surface area contributed by atoms with Crippen LogP contribution in [0.3, 0.4) is 0 Å². The number of aromatic nitrogens is 1. The van der Waals surface area contributed by atoms with Crippen molar-refractivity contribution in [2.24, 2.45) is 0 Å². The fraction of sp³-hybridized carbons (Fsp3) is 0.222. The zero-order valence-electron chi connectivity index (χ0n) is 13.0. The van der Waals surface area contributed by atoms with E-state index in [0.29, 0.717) is 18.1 Å². The first-order chi connectivity index (χ1) is 11.6. The molecule has 1 amide bonds. The van der Waals surface area contributed by atoms with Crippen LogP contribution in [-0.4, -0.2) is 42.0 Å². The van der Waals surface area contributed by atoms with E-state index in [9.17, 15) is 4.79 Å². The normalized spacial score (nSPS) is 15.1. The molecule has 1 aliphatic rings. The third-order valence-electron chi connectivity index (χ3n) is 3.94. The molecule has 0 bridgehead atoms. The van der Waals surface area contributed by atoms with E-state index in [1.54, 1.807) is 12.3 Å². The number of rotatable bonds is 3. The molecule has 2 heterocycles. The Bertz CT molecular complexity index is 740. The second-order valence-electron chi connectivity index (χ2n) is 5.50. The molecule has 1 fully saturated rings. The minimum absolute atomic E-state index is 0.0365. The molecular formula is C18H17BrClN3O. The lowest BCUT2D eigenvalue weighted by molar-refractivity contribution is -0.126. The van der Waals surface area contributed by atoms with E-state index < -0.39 is 0 Å². The molecule has 0 saturated carbocycles. The minimum Gasteiger partial charge on any atom is -0.353 e. The Kier molecular flexibility index (Phi) is 5.53. The standard InChI is InChI=1S/C18H17BrClN3O/c19-16-4-2-1-3-14(16)5-8-18(24)23-11-9-22(10-12-23)17-7-6-15(20)13-21-17/h1-8,13H,9-12H2/b8-5+. The molecule has 0 aliphatic carbocycles. The Morgan fingerprint density at radius 3 is 2.54 bits per heavy atom. The Morgan fingerprint density at radius 2 is 1.88 bits per heavy atom. The van der Waals surface area contributed by atoms with Crippen LogP contribution in [0.25, 0.3) is 6.08 Å². The largest absolute Gasteiger partial charge is 0.353 e. The molecule has 0 N–H and O–H groups in total. The van der Waals surface area contributed by atoms with Crippen molar-refractivity contribution in [1.82, 2.24) is 9.88 Å². The summed E-state index contributed by atoms with van der Waals surface area (Å²) in [5.41, 5.74) is 0.995. The fourth-order valence-corrected chi connectivity index (χ4v) is 3.12. The maximum Gasteiger partial charge on any atom is 0.246 e. The quantitative estimate of drug-likeness (QED) is 0.726. The number of carbonyl (C=O) groups is 1. The summed E-state index contributed by atoms with van der Waals surface area (Å²) in [4.78, 5) is 20.7. The zero-order valence-corrected chi connectivity index (χ0v) is 15.4. The molecule has 0 atom stereocenters. The van der Waals surface area contributed by atoms with E-state index in [1.165, 1.54) is 0 Å². The number of pyridine rings is 1. The van der Waals surface area contributed by atoms with E-state index in [-0.39, 0.29) is 5.91 Å². The second kappa shape index (κ2) is 7.81. The van der Waals surface area contributed by atoms with Crippen LogP contribution >= 0.6 is 27.5 Å². The van der Waals surface area contributed by atoms with Gasteiger partial charge in [-0.15, -0.1) is 0 Å². The van der Waals surface area contributed by atoms with Crippen molar-refractivity contribution in [3.05, 3.63) is 63.7 Å². The van der Waals surface area contributed by atoms with Crippen molar-refractivity contribution in [1.29, 1.82) is 0 Å². The van der Waals surface area contributed by atoms with Crippen LogP contribution in [0.1, 0.15) is 5.56 Å².